The van der Waals surface area contributed by atoms with E-state index in [9.17, 15) is 13.2 Å². The molecule has 28 heavy (non-hydrogen) atoms. The van der Waals surface area contributed by atoms with Crippen molar-refractivity contribution in [3.63, 3.8) is 0 Å². The third kappa shape index (κ3) is 5.17. The average molecular weight is 401 g/mol. The van der Waals surface area contributed by atoms with Crippen LogP contribution in [0, 0.1) is 5.92 Å². The second kappa shape index (κ2) is 8.98. The molecule has 2 aliphatic rings. The SMILES string of the molecule is CNCCN(C)CC1CN[N+]2(CCCCC2)C1c1cccc(OC(F)(F)F)c1. The molecule has 1 aromatic rings. The van der Waals surface area contributed by atoms with Gasteiger partial charge >= 0.3 is 6.36 Å². The van der Waals surface area contributed by atoms with E-state index in [0.717, 1.165) is 62.3 Å². The fourth-order valence-electron chi connectivity index (χ4n) is 4.84. The maximum atomic E-state index is 12.7. The smallest absolute Gasteiger partial charge is 0.406 e. The van der Waals surface area contributed by atoms with E-state index in [0.29, 0.717) is 5.92 Å². The van der Waals surface area contributed by atoms with Gasteiger partial charge in [-0.05, 0) is 45.5 Å². The van der Waals surface area contributed by atoms with Crippen LogP contribution >= 0.6 is 0 Å². The van der Waals surface area contributed by atoms with Gasteiger partial charge in [-0.25, -0.2) is 4.59 Å². The van der Waals surface area contributed by atoms with Crippen molar-refractivity contribution in [2.24, 2.45) is 5.92 Å². The molecule has 0 aromatic heterocycles. The molecule has 3 rings (SSSR count). The van der Waals surface area contributed by atoms with Crippen LogP contribution in [0.1, 0.15) is 30.9 Å². The van der Waals surface area contributed by atoms with Gasteiger partial charge in [0.25, 0.3) is 0 Å². The summed E-state index contributed by atoms with van der Waals surface area (Å²) >= 11 is 0. The summed E-state index contributed by atoms with van der Waals surface area (Å²) in [6.45, 7) is 5.67. The van der Waals surface area contributed by atoms with E-state index in [1.807, 2.05) is 13.1 Å². The molecule has 2 unspecified atom stereocenters. The number of halogens is 3. The van der Waals surface area contributed by atoms with E-state index in [4.69, 9.17) is 0 Å². The summed E-state index contributed by atoms with van der Waals surface area (Å²) in [7, 11) is 4.05. The van der Waals surface area contributed by atoms with Gasteiger partial charge in [0.15, 0.2) is 0 Å². The highest BCUT2D eigenvalue weighted by atomic mass is 19.4. The molecule has 8 heteroatoms. The van der Waals surface area contributed by atoms with Crippen LogP contribution in [0.15, 0.2) is 24.3 Å². The van der Waals surface area contributed by atoms with Gasteiger partial charge in [0.2, 0.25) is 0 Å². The van der Waals surface area contributed by atoms with E-state index < -0.39 is 6.36 Å². The molecule has 2 saturated heterocycles. The molecular weight excluding hydrogens is 369 g/mol. The molecule has 0 radical (unpaired) electrons. The van der Waals surface area contributed by atoms with Gasteiger partial charge in [-0.1, -0.05) is 12.1 Å². The third-order valence-corrected chi connectivity index (χ3v) is 5.98. The number of nitrogens with one attached hydrogen (secondary N) is 2. The minimum absolute atomic E-state index is 0.130. The number of alkyl halides is 3. The summed E-state index contributed by atoms with van der Waals surface area (Å²) in [5, 5.41) is 3.17. The first-order valence-corrected chi connectivity index (χ1v) is 10.1. The van der Waals surface area contributed by atoms with Gasteiger partial charge in [-0.15, -0.1) is 13.2 Å². The average Bonchev–Trinajstić information content (AvgIpc) is 2.96. The lowest BCUT2D eigenvalue weighted by atomic mass is 9.90. The van der Waals surface area contributed by atoms with Crippen LogP contribution in [-0.4, -0.2) is 69.2 Å². The molecule has 1 aromatic carbocycles. The number of likely N-dealkylation sites (N-methyl/N-ethyl adjacent to an activating group) is 2. The summed E-state index contributed by atoms with van der Waals surface area (Å²) in [6, 6.07) is 6.73. The second-order valence-corrected chi connectivity index (χ2v) is 8.10. The van der Waals surface area contributed by atoms with Crippen LogP contribution in [0.4, 0.5) is 13.2 Å². The van der Waals surface area contributed by atoms with Crippen LogP contribution in [0.2, 0.25) is 0 Å². The lowest BCUT2D eigenvalue weighted by Crippen LogP contribution is -2.57. The summed E-state index contributed by atoms with van der Waals surface area (Å²) in [6.07, 6.45) is -1.16. The normalized spacial score (nSPS) is 24.8. The number of ether oxygens (including phenoxy) is 1. The van der Waals surface area contributed by atoms with E-state index in [1.165, 1.54) is 12.5 Å². The van der Waals surface area contributed by atoms with Crippen molar-refractivity contribution in [1.82, 2.24) is 15.6 Å². The third-order valence-electron chi connectivity index (χ3n) is 5.98. The Labute approximate surface area is 165 Å². The van der Waals surface area contributed by atoms with E-state index in [2.05, 4.69) is 27.4 Å². The van der Waals surface area contributed by atoms with Crippen LogP contribution in [0.25, 0.3) is 0 Å². The second-order valence-electron chi connectivity index (χ2n) is 8.10. The lowest BCUT2D eigenvalue weighted by molar-refractivity contribution is -0.989. The number of nitrogens with zero attached hydrogens (tertiary/aromatic N) is 2. The Bertz CT molecular complexity index is 634. The monoisotopic (exact) mass is 401 g/mol. The Hall–Kier alpha value is -1.35. The molecule has 2 fully saturated rings. The predicted molar refractivity (Wildman–Crippen MR) is 103 cm³/mol. The van der Waals surface area contributed by atoms with Crippen LogP contribution in [0.3, 0.4) is 0 Å². The zero-order valence-corrected chi connectivity index (χ0v) is 16.8. The minimum atomic E-state index is -4.67. The van der Waals surface area contributed by atoms with E-state index in [1.54, 1.807) is 12.1 Å². The topological polar surface area (TPSA) is 36.5 Å². The van der Waals surface area contributed by atoms with Crippen molar-refractivity contribution in [2.75, 3.05) is 53.4 Å². The van der Waals surface area contributed by atoms with Crippen molar-refractivity contribution >= 4 is 0 Å². The van der Waals surface area contributed by atoms with Gasteiger partial charge in [-0.3, -0.25) is 0 Å². The summed E-state index contributed by atoms with van der Waals surface area (Å²) in [5.41, 5.74) is 4.66. The Morgan fingerprint density at radius 2 is 2.00 bits per heavy atom. The molecule has 5 nitrogen and oxygen atoms in total. The zero-order valence-electron chi connectivity index (χ0n) is 16.8. The Morgan fingerprint density at radius 3 is 2.68 bits per heavy atom. The Morgan fingerprint density at radius 1 is 1.25 bits per heavy atom. The number of hydrogen-bond donors (Lipinski definition) is 2. The molecule has 2 N–H and O–H groups in total. The Balaban J connectivity index is 1.85. The molecule has 0 amide bonds. The zero-order chi connectivity index (χ0) is 20.2. The molecule has 0 bridgehead atoms. The molecule has 2 atom stereocenters. The van der Waals surface area contributed by atoms with Crippen molar-refractivity contribution in [1.29, 1.82) is 0 Å². The molecule has 158 valence electrons. The molecular formula is C20H32F3N4O+. The van der Waals surface area contributed by atoms with Crippen molar-refractivity contribution in [3.05, 3.63) is 29.8 Å². The first-order chi connectivity index (χ1) is 13.3. The number of quaternary nitrogens is 1. The highest BCUT2D eigenvalue weighted by Crippen LogP contribution is 2.42. The minimum Gasteiger partial charge on any atom is -0.406 e. The van der Waals surface area contributed by atoms with E-state index in [-0.39, 0.29) is 11.8 Å². The molecule has 1 spiro atoms. The van der Waals surface area contributed by atoms with Gasteiger partial charge in [0.1, 0.15) is 11.8 Å². The Kier molecular flexibility index (Phi) is 6.85. The summed E-state index contributed by atoms with van der Waals surface area (Å²) < 4.78 is 43.1. The maximum Gasteiger partial charge on any atom is 0.573 e. The van der Waals surface area contributed by atoms with Gasteiger partial charge < -0.3 is 15.0 Å². The number of hydrogen-bond acceptors (Lipinski definition) is 4. The first-order valence-electron chi connectivity index (χ1n) is 10.1. The van der Waals surface area contributed by atoms with Crippen molar-refractivity contribution < 1.29 is 22.5 Å². The fourth-order valence-corrected chi connectivity index (χ4v) is 4.84. The predicted octanol–water partition coefficient (Wildman–Crippen LogP) is 2.91. The molecule has 2 heterocycles. The summed E-state index contributed by atoms with van der Waals surface area (Å²) in [5.74, 6) is 0.204. The number of piperidine rings is 1. The van der Waals surface area contributed by atoms with Gasteiger partial charge in [0, 0.05) is 31.1 Å². The van der Waals surface area contributed by atoms with Crippen LogP contribution in [0.5, 0.6) is 5.75 Å². The van der Waals surface area contributed by atoms with Gasteiger partial charge in [-0.2, -0.15) is 5.43 Å². The van der Waals surface area contributed by atoms with Crippen LogP contribution in [-0.2, 0) is 0 Å². The molecule has 0 saturated carbocycles. The quantitative estimate of drug-likeness (QED) is 0.689. The molecule has 0 aliphatic carbocycles. The lowest BCUT2D eigenvalue weighted by Gasteiger charge is -2.43. The largest absolute Gasteiger partial charge is 0.573 e. The first kappa shape index (κ1) is 21.4. The maximum absolute atomic E-state index is 12.7. The highest BCUT2D eigenvalue weighted by Gasteiger charge is 2.50. The van der Waals surface area contributed by atoms with Gasteiger partial charge in [0.05, 0.1) is 19.6 Å². The standard InChI is InChI=1S/C20H32F3N4O/c1-24-9-10-26(2)15-17-14-25-27(11-4-3-5-12-27)19(17)16-7-6-8-18(13-16)28-20(21,22)23/h6-8,13,17,19,24-25H,3-5,9-12,14-15H2,1-2H3/q+1. The highest BCUT2D eigenvalue weighted by molar-refractivity contribution is 5.31. The number of rotatable bonds is 7. The van der Waals surface area contributed by atoms with Crippen molar-refractivity contribution in [2.45, 2.75) is 31.7 Å². The number of benzene rings is 1. The van der Waals surface area contributed by atoms with E-state index >= 15 is 0 Å². The summed E-state index contributed by atoms with van der Waals surface area (Å²) in [4.78, 5) is 2.30. The van der Waals surface area contributed by atoms with Crippen molar-refractivity contribution in [3.8, 4) is 5.75 Å². The van der Waals surface area contributed by atoms with Crippen LogP contribution < -0.4 is 15.5 Å². The molecule has 2 aliphatic heterocycles. The fraction of sp³-hybridized carbons (Fsp3) is 0.700.